The van der Waals surface area contributed by atoms with Gasteiger partial charge in [-0.1, -0.05) is 20.3 Å². The molecule has 0 rings (SSSR count). The van der Waals surface area contributed by atoms with Crippen LogP contribution in [0.5, 0.6) is 0 Å². The summed E-state index contributed by atoms with van der Waals surface area (Å²) in [6.07, 6.45) is 2.16. The van der Waals surface area contributed by atoms with Gasteiger partial charge in [-0.25, -0.2) is 0 Å². The Morgan fingerprint density at radius 3 is 2.55 bits per heavy atom. The molecule has 0 saturated heterocycles. The summed E-state index contributed by atoms with van der Waals surface area (Å²) in [5.74, 6) is -0.489. The molecule has 3 nitrogen and oxygen atoms in total. The molecule has 0 bridgehead atoms. The van der Waals surface area contributed by atoms with Crippen molar-refractivity contribution in [1.29, 1.82) is 0 Å². The van der Waals surface area contributed by atoms with E-state index in [1.807, 2.05) is 6.92 Å². The summed E-state index contributed by atoms with van der Waals surface area (Å²) in [7, 11) is 0. The molecular formula is C8H17NO2. The lowest BCUT2D eigenvalue weighted by molar-refractivity contribution is -0.137. The quantitative estimate of drug-likeness (QED) is 0.634. The number of hydrogen-bond acceptors (Lipinski definition) is 2. The van der Waals surface area contributed by atoms with Crippen LogP contribution in [0, 0.1) is 5.92 Å². The molecule has 0 radical (unpaired) electrons. The SMILES string of the molecule is CCC[C@@H](C)[C@H](N)CC(=O)O. The molecule has 0 fully saturated rings. The predicted octanol–water partition coefficient (Wildman–Crippen LogP) is 1.22. The van der Waals surface area contributed by atoms with Gasteiger partial charge in [0.05, 0.1) is 6.42 Å². The van der Waals surface area contributed by atoms with E-state index in [0.717, 1.165) is 12.8 Å². The summed E-state index contributed by atoms with van der Waals surface area (Å²) in [6, 6.07) is -0.188. The van der Waals surface area contributed by atoms with Gasteiger partial charge in [-0.15, -0.1) is 0 Å². The van der Waals surface area contributed by atoms with E-state index in [-0.39, 0.29) is 12.5 Å². The van der Waals surface area contributed by atoms with Crippen molar-refractivity contribution in [2.75, 3.05) is 0 Å². The maximum Gasteiger partial charge on any atom is 0.304 e. The number of carboxylic acid groups (broad SMARTS) is 1. The number of carboxylic acids is 1. The lowest BCUT2D eigenvalue weighted by Crippen LogP contribution is -2.30. The first-order valence-corrected chi connectivity index (χ1v) is 4.05. The smallest absolute Gasteiger partial charge is 0.304 e. The normalized spacial score (nSPS) is 15.9. The van der Waals surface area contributed by atoms with Crippen LogP contribution in [0.4, 0.5) is 0 Å². The largest absolute Gasteiger partial charge is 0.481 e. The Balaban J connectivity index is 3.63. The van der Waals surface area contributed by atoms with E-state index in [0.29, 0.717) is 5.92 Å². The lowest BCUT2D eigenvalue weighted by Gasteiger charge is -2.16. The Bertz CT molecular complexity index is 125. The maximum atomic E-state index is 10.2. The fourth-order valence-electron chi connectivity index (χ4n) is 1.07. The minimum absolute atomic E-state index is 0.0845. The Hall–Kier alpha value is -0.570. The van der Waals surface area contributed by atoms with Crippen LogP contribution >= 0.6 is 0 Å². The first-order valence-electron chi connectivity index (χ1n) is 4.05. The molecule has 0 saturated carbocycles. The third-order valence-corrected chi connectivity index (χ3v) is 1.89. The minimum atomic E-state index is -0.805. The summed E-state index contributed by atoms with van der Waals surface area (Å²) < 4.78 is 0. The Morgan fingerprint density at radius 1 is 1.64 bits per heavy atom. The number of carbonyl (C=O) groups is 1. The minimum Gasteiger partial charge on any atom is -0.481 e. The fraction of sp³-hybridized carbons (Fsp3) is 0.875. The van der Waals surface area contributed by atoms with Crippen molar-refractivity contribution in [3.63, 3.8) is 0 Å². The molecule has 0 spiro atoms. The molecule has 0 aliphatic heterocycles. The molecule has 0 aromatic heterocycles. The van der Waals surface area contributed by atoms with Gasteiger partial charge < -0.3 is 10.8 Å². The number of hydrogen-bond donors (Lipinski definition) is 2. The van der Waals surface area contributed by atoms with E-state index >= 15 is 0 Å². The van der Waals surface area contributed by atoms with Gasteiger partial charge in [-0.3, -0.25) is 4.79 Å². The zero-order chi connectivity index (χ0) is 8.85. The van der Waals surface area contributed by atoms with Crippen molar-refractivity contribution in [2.45, 2.75) is 39.2 Å². The Kier molecular flexibility index (Phi) is 4.86. The van der Waals surface area contributed by atoms with E-state index < -0.39 is 5.97 Å². The molecular weight excluding hydrogens is 142 g/mol. The average Bonchev–Trinajstić information content (AvgIpc) is 1.86. The molecule has 0 heterocycles. The zero-order valence-corrected chi connectivity index (χ0v) is 7.21. The molecule has 3 heteroatoms. The predicted molar refractivity (Wildman–Crippen MR) is 44.3 cm³/mol. The third-order valence-electron chi connectivity index (χ3n) is 1.89. The number of aliphatic carboxylic acids is 1. The van der Waals surface area contributed by atoms with Gasteiger partial charge in [0.1, 0.15) is 0 Å². The summed E-state index contributed by atoms with van der Waals surface area (Å²) in [5, 5.41) is 8.42. The fourth-order valence-corrected chi connectivity index (χ4v) is 1.07. The lowest BCUT2D eigenvalue weighted by atomic mass is 9.95. The van der Waals surface area contributed by atoms with Crippen molar-refractivity contribution in [3.8, 4) is 0 Å². The second-order valence-corrected chi connectivity index (χ2v) is 3.03. The second kappa shape index (κ2) is 5.13. The van der Waals surface area contributed by atoms with Crippen LogP contribution in [0.1, 0.15) is 33.1 Å². The highest BCUT2D eigenvalue weighted by Gasteiger charge is 2.14. The van der Waals surface area contributed by atoms with Crippen LogP contribution in [0.3, 0.4) is 0 Å². The zero-order valence-electron chi connectivity index (χ0n) is 7.21. The van der Waals surface area contributed by atoms with Crippen molar-refractivity contribution in [2.24, 2.45) is 11.7 Å². The van der Waals surface area contributed by atoms with Crippen LogP contribution in [0.15, 0.2) is 0 Å². The van der Waals surface area contributed by atoms with Crippen molar-refractivity contribution < 1.29 is 9.90 Å². The van der Waals surface area contributed by atoms with Gasteiger partial charge in [0.2, 0.25) is 0 Å². The third kappa shape index (κ3) is 4.79. The molecule has 0 aromatic rings. The van der Waals surface area contributed by atoms with E-state index in [1.165, 1.54) is 0 Å². The average molecular weight is 159 g/mol. The van der Waals surface area contributed by atoms with Crippen LogP contribution in [-0.2, 0) is 4.79 Å². The number of nitrogens with two attached hydrogens (primary N) is 1. The summed E-state index contributed by atoms with van der Waals surface area (Å²) in [4.78, 5) is 10.2. The summed E-state index contributed by atoms with van der Waals surface area (Å²) >= 11 is 0. The van der Waals surface area contributed by atoms with Gasteiger partial charge in [-0.05, 0) is 12.3 Å². The van der Waals surface area contributed by atoms with Crippen LogP contribution < -0.4 is 5.73 Å². The maximum absolute atomic E-state index is 10.2. The van der Waals surface area contributed by atoms with Gasteiger partial charge in [-0.2, -0.15) is 0 Å². The molecule has 0 aliphatic rings. The van der Waals surface area contributed by atoms with E-state index in [4.69, 9.17) is 10.8 Å². The summed E-state index contributed by atoms with van der Waals surface area (Å²) in [5.41, 5.74) is 5.62. The van der Waals surface area contributed by atoms with Crippen LogP contribution in [-0.4, -0.2) is 17.1 Å². The molecule has 0 amide bonds. The molecule has 11 heavy (non-hydrogen) atoms. The monoisotopic (exact) mass is 159 g/mol. The summed E-state index contributed by atoms with van der Waals surface area (Å²) in [6.45, 7) is 4.07. The van der Waals surface area contributed by atoms with Gasteiger partial charge in [0.15, 0.2) is 0 Å². The Morgan fingerprint density at radius 2 is 2.18 bits per heavy atom. The van der Waals surface area contributed by atoms with Gasteiger partial charge in [0, 0.05) is 6.04 Å². The molecule has 66 valence electrons. The highest BCUT2D eigenvalue weighted by atomic mass is 16.4. The first kappa shape index (κ1) is 10.4. The second-order valence-electron chi connectivity index (χ2n) is 3.03. The van der Waals surface area contributed by atoms with E-state index in [1.54, 1.807) is 0 Å². The molecule has 0 aromatic carbocycles. The standard InChI is InChI=1S/C8H17NO2/c1-3-4-6(2)7(9)5-8(10)11/h6-7H,3-5,9H2,1-2H3,(H,10,11)/t6-,7-/m1/s1. The highest BCUT2D eigenvalue weighted by molar-refractivity contribution is 5.67. The van der Waals surface area contributed by atoms with Gasteiger partial charge >= 0.3 is 5.97 Å². The molecule has 3 N–H and O–H groups in total. The van der Waals surface area contributed by atoms with Crippen molar-refractivity contribution in [1.82, 2.24) is 0 Å². The highest BCUT2D eigenvalue weighted by Crippen LogP contribution is 2.10. The molecule has 0 aliphatic carbocycles. The topological polar surface area (TPSA) is 63.3 Å². The Labute approximate surface area is 67.6 Å². The van der Waals surface area contributed by atoms with Crippen LogP contribution in [0.2, 0.25) is 0 Å². The van der Waals surface area contributed by atoms with Crippen molar-refractivity contribution in [3.05, 3.63) is 0 Å². The first-order chi connectivity index (χ1) is 5.07. The molecule has 0 unspecified atom stereocenters. The number of rotatable bonds is 5. The molecule has 2 atom stereocenters. The van der Waals surface area contributed by atoms with Crippen LogP contribution in [0.25, 0.3) is 0 Å². The van der Waals surface area contributed by atoms with Crippen molar-refractivity contribution >= 4 is 5.97 Å². The van der Waals surface area contributed by atoms with E-state index in [9.17, 15) is 4.79 Å². The van der Waals surface area contributed by atoms with E-state index in [2.05, 4.69) is 6.92 Å². The van der Waals surface area contributed by atoms with Gasteiger partial charge in [0.25, 0.3) is 0 Å².